The Morgan fingerprint density at radius 3 is 2.50 bits per heavy atom. The average molecular weight is 238 g/mol. The number of nitrogens with zero attached hydrogens (tertiary/aromatic N) is 1. The molecule has 0 aromatic rings. The van der Waals surface area contributed by atoms with Crippen molar-refractivity contribution in [2.24, 2.45) is 0 Å². The predicted molar refractivity (Wildman–Crippen MR) is 69.7 cm³/mol. The molecular weight excluding hydrogens is 214 g/mol. The van der Waals surface area contributed by atoms with Crippen molar-refractivity contribution in [1.82, 2.24) is 4.90 Å². The number of thioether (sulfide) groups is 1. The van der Waals surface area contributed by atoms with Gasteiger partial charge in [0, 0.05) is 17.7 Å². The molecule has 0 aliphatic heterocycles. The second-order valence-corrected chi connectivity index (χ2v) is 5.04. The zero-order chi connectivity index (χ0) is 10.8. The molecule has 0 saturated carbocycles. The van der Waals surface area contributed by atoms with Crippen molar-refractivity contribution >= 4 is 23.4 Å². The van der Waals surface area contributed by atoms with Crippen LogP contribution in [-0.4, -0.2) is 42.4 Å². The number of halogens is 1. The lowest BCUT2D eigenvalue weighted by atomic mass is 10.2. The predicted octanol–water partition coefficient (Wildman–Crippen LogP) is 3.47. The van der Waals surface area contributed by atoms with Crippen LogP contribution in [0.15, 0.2) is 0 Å². The second-order valence-electron chi connectivity index (χ2n) is 3.75. The van der Waals surface area contributed by atoms with Gasteiger partial charge in [-0.05, 0) is 39.1 Å². The topological polar surface area (TPSA) is 3.24 Å². The van der Waals surface area contributed by atoms with E-state index in [9.17, 15) is 0 Å². The lowest BCUT2D eigenvalue weighted by Gasteiger charge is -2.26. The van der Waals surface area contributed by atoms with Crippen LogP contribution in [0.4, 0.5) is 0 Å². The molecule has 1 atom stereocenters. The molecule has 0 aliphatic carbocycles. The number of hydrogen-bond donors (Lipinski definition) is 0. The first-order chi connectivity index (χ1) is 6.76. The first-order valence-electron chi connectivity index (χ1n) is 5.51. The van der Waals surface area contributed by atoms with E-state index in [-0.39, 0.29) is 0 Å². The van der Waals surface area contributed by atoms with Crippen LogP contribution >= 0.6 is 23.4 Å². The van der Waals surface area contributed by atoms with Crippen LogP contribution in [0.5, 0.6) is 0 Å². The Balaban J connectivity index is 3.52. The van der Waals surface area contributed by atoms with Crippen LogP contribution in [0, 0.1) is 0 Å². The quantitative estimate of drug-likeness (QED) is 0.446. The zero-order valence-corrected chi connectivity index (χ0v) is 11.3. The molecule has 0 aromatic carbocycles. The maximum Gasteiger partial charge on any atom is 0.0223 e. The van der Waals surface area contributed by atoms with Gasteiger partial charge in [0.05, 0.1) is 0 Å². The van der Waals surface area contributed by atoms with E-state index in [4.69, 9.17) is 11.6 Å². The summed E-state index contributed by atoms with van der Waals surface area (Å²) in [5.74, 6) is 2.06. The summed E-state index contributed by atoms with van der Waals surface area (Å²) in [4.78, 5) is 2.49. The highest BCUT2D eigenvalue weighted by Crippen LogP contribution is 2.09. The Morgan fingerprint density at radius 2 is 2.00 bits per heavy atom. The fraction of sp³-hybridized carbons (Fsp3) is 1.00. The largest absolute Gasteiger partial charge is 0.303 e. The van der Waals surface area contributed by atoms with Gasteiger partial charge in [0.15, 0.2) is 0 Å². The molecule has 0 rings (SSSR count). The minimum absolute atomic E-state index is 0.751. The molecule has 1 nitrogen and oxygen atoms in total. The van der Waals surface area contributed by atoms with Gasteiger partial charge in [-0.1, -0.05) is 13.3 Å². The number of unbranched alkanes of at least 4 members (excludes halogenated alkanes) is 2. The summed E-state index contributed by atoms with van der Waals surface area (Å²) in [7, 11) is 2.24. The molecule has 0 fully saturated rings. The van der Waals surface area contributed by atoms with E-state index in [1.807, 2.05) is 11.8 Å². The minimum atomic E-state index is 0.751. The van der Waals surface area contributed by atoms with Gasteiger partial charge in [0.25, 0.3) is 0 Å². The van der Waals surface area contributed by atoms with E-state index in [0.29, 0.717) is 0 Å². The fourth-order valence-electron chi connectivity index (χ4n) is 1.56. The van der Waals surface area contributed by atoms with Gasteiger partial charge < -0.3 is 4.90 Å². The molecule has 0 saturated heterocycles. The van der Waals surface area contributed by atoms with Crippen LogP contribution in [-0.2, 0) is 0 Å². The third kappa shape index (κ3) is 6.97. The Bertz CT molecular complexity index is 122. The first-order valence-corrected chi connectivity index (χ1v) is 7.44. The van der Waals surface area contributed by atoms with E-state index in [1.165, 1.54) is 31.6 Å². The highest BCUT2D eigenvalue weighted by atomic mass is 35.5. The van der Waals surface area contributed by atoms with Crippen LogP contribution in [0.1, 0.15) is 32.6 Å². The first kappa shape index (κ1) is 14.6. The summed E-state index contributed by atoms with van der Waals surface area (Å²) >= 11 is 7.58. The van der Waals surface area contributed by atoms with E-state index in [1.54, 1.807) is 0 Å². The number of rotatable bonds is 9. The van der Waals surface area contributed by atoms with Gasteiger partial charge in [-0.15, -0.1) is 11.6 Å². The number of hydrogen-bond acceptors (Lipinski definition) is 2. The van der Waals surface area contributed by atoms with Gasteiger partial charge in [0.2, 0.25) is 0 Å². The molecule has 0 spiro atoms. The molecule has 0 radical (unpaired) electrons. The Labute approximate surface area is 98.6 Å². The molecule has 14 heavy (non-hydrogen) atoms. The molecule has 0 N–H and O–H groups in total. The zero-order valence-electron chi connectivity index (χ0n) is 9.76. The van der Waals surface area contributed by atoms with Crippen LogP contribution in [0.2, 0.25) is 0 Å². The normalized spacial score (nSPS) is 13.5. The molecule has 0 heterocycles. The lowest BCUT2D eigenvalue weighted by Crippen LogP contribution is -2.33. The summed E-state index contributed by atoms with van der Waals surface area (Å²) in [6.45, 7) is 3.49. The highest BCUT2D eigenvalue weighted by Gasteiger charge is 2.10. The average Bonchev–Trinajstić information content (AvgIpc) is 2.20. The van der Waals surface area contributed by atoms with Gasteiger partial charge in [-0.3, -0.25) is 0 Å². The number of alkyl halides is 1. The van der Waals surface area contributed by atoms with Crippen molar-refractivity contribution in [2.45, 2.75) is 38.6 Å². The van der Waals surface area contributed by atoms with E-state index in [0.717, 1.165) is 18.3 Å². The molecule has 3 heteroatoms. The van der Waals surface area contributed by atoms with Gasteiger partial charge in [0.1, 0.15) is 0 Å². The third-order valence-electron chi connectivity index (χ3n) is 2.60. The molecule has 1 unspecified atom stereocenters. The van der Waals surface area contributed by atoms with Gasteiger partial charge >= 0.3 is 0 Å². The van der Waals surface area contributed by atoms with Crippen LogP contribution in [0.3, 0.4) is 0 Å². The smallest absolute Gasteiger partial charge is 0.0223 e. The van der Waals surface area contributed by atoms with Gasteiger partial charge in [-0.25, -0.2) is 0 Å². The second kappa shape index (κ2) is 10.1. The molecule has 0 aromatic heterocycles. The summed E-state index contributed by atoms with van der Waals surface area (Å²) in [5.41, 5.74) is 0. The van der Waals surface area contributed by atoms with Crippen molar-refractivity contribution < 1.29 is 0 Å². The lowest BCUT2D eigenvalue weighted by molar-refractivity contribution is 0.251. The summed E-state index contributed by atoms with van der Waals surface area (Å²) in [6.07, 6.45) is 7.16. The monoisotopic (exact) mass is 237 g/mol. The summed E-state index contributed by atoms with van der Waals surface area (Å²) in [6, 6.07) is 0.751. The standard InChI is InChI=1S/C11H24ClNS/c1-4-11(10-14-3)13(2)9-7-5-6-8-12/h11H,4-10H2,1-3H3. The van der Waals surface area contributed by atoms with Crippen molar-refractivity contribution in [2.75, 3.05) is 31.5 Å². The molecule has 0 amide bonds. The molecule has 0 bridgehead atoms. The third-order valence-corrected chi connectivity index (χ3v) is 3.58. The fourth-order valence-corrected chi connectivity index (χ4v) is 2.63. The maximum atomic E-state index is 5.64. The highest BCUT2D eigenvalue weighted by molar-refractivity contribution is 7.98. The summed E-state index contributed by atoms with van der Waals surface area (Å²) < 4.78 is 0. The molecule has 86 valence electrons. The van der Waals surface area contributed by atoms with E-state index in [2.05, 4.69) is 25.1 Å². The van der Waals surface area contributed by atoms with Gasteiger partial charge in [-0.2, -0.15) is 11.8 Å². The van der Waals surface area contributed by atoms with Crippen LogP contribution in [0.25, 0.3) is 0 Å². The minimum Gasteiger partial charge on any atom is -0.303 e. The molecular formula is C11H24ClNS. The van der Waals surface area contributed by atoms with Crippen LogP contribution < -0.4 is 0 Å². The maximum absolute atomic E-state index is 5.64. The van der Waals surface area contributed by atoms with Crippen molar-refractivity contribution in [3.8, 4) is 0 Å². The summed E-state index contributed by atoms with van der Waals surface area (Å²) in [5, 5.41) is 0. The SMILES string of the molecule is CCC(CSC)N(C)CCCCCCl. The Hall–Kier alpha value is 0.600. The van der Waals surface area contributed by atoms with Crippen molar-refractivity contribution in [3.05, 3.63) is 0 Å². The Morgan fingerprint density at radius 1 is 1.29 bits per heavy atom. The van der Waals surface area contributed by atoms with E-state index < -0.39 is 0 Å². The van der Waals surface area contributed by atoms with E-state index >= 15 is 0 Å². The van der Waals surface area contributed by atoms with Crippen molar-refractivity contribution in [3.63, 3.8) is 0 Å². The van der Waals surface area contributed by atoms with Crippen molar-refractivity contribution in [1.29, 1.82) is 0 Å². The molecule has 0 aliphatic rings. The Kier molecular flexibility index (Phi) is 10.6.